The molecular weight excluding hydrogens is 235 g/mol. The molecule has 17 heavy (non-hydrogen) atoms. The molecule has 0 spiro atoms. The zero-order valence-corrected chi connectivity index (χ0v) is 9.21. The lowest BCUT2D eigenvalue weighted by Crippen LogP contribution is -2.33. The molecule has 0 saturated carbocycles. The number of carbonyl (C=O) groups excluding carboxylic acids is 3. The molecule has 0 heterocycles. The first kappa shape index (κ1) is 15.3. The van der Waals surface area contributed by atoms with Crippen molar-refractivity contribution >= 4 is 30.8 Å². The predicted molar refractivity (Wildman–Crippen MR) is 52.5 cm³/mol. The van der Waals surface area contributed by atoms with E-state index in [1.54, 1.807) is 0 Å². The molecule has 0 aliphatic heterocycles. The normalized spacial score (nSPS) is 11.5. The van der Waals surface area contributed by atoms with Crippen molar-refractivity contribution < 1.29 is 38.6 Å². The molecule has 0 bridgehead atoms. The first-order chi connectivity index (χ1) is 7.75. The standard InChI is InChI=1S/C8H11BO8/c1-4(5(2)10)6(11)3-16-9(15)17-8(14)7(12)13/h4,15H,3H2,1-2H3,(H,12,13). The van der Waals surface area contributed by atoms with Crippen LogP contribution in [0.15, 0.2) is 0 Å². The number of hydrogen-bond donors (Lipinski definition) is 2. The highest BCUT2D eigenvalue weighted by atomic mass is 16.7. The van der Waals surface area contributed by atoms with Crippen LogP contribution in [0.3, 0.4) is 0 Å². The summed E-state index contributed by atoms with van der Waals surface area (Å²) in [6.45, 7) is 1.89. The smallest absolute Gasteiger partial charge is 0.476 e. The Hall–Kier alpha value is -1.74. The van der Waals surface area contributed by atoms with Gasteiger partial charge in [0.05, 0.1) is 12.5 Å². The number of carboxylic acid groups (broad SMARTS) is 1. The van der Waals surface area contributed by atoms with E-state index in [1.807, 2.05) is 0 Å². The van der Waals surface area contributed by atoms with E-state index in [1.165, 1.54) is 13.8 Å². The molecule has 0 fully saturated rings. The SMILES string of the molecule is CC(=O)C(C)C(=O)COB(O)OC(=O)C(=O)O. The second kappa shape index (κ2) is 6.76. The minimum atomic E-state index is -2.17. The molecule has 8 nitrogen and oxygen atoms in total. The Morgan fingerprint density at radius 1 is 1.29 bits per heavy atom. The molecule has 1 unspecified atom stereocenters. The molecular formula is C8H11BO8. The number of hydrogen-bond acceptors (Lipinski definition) is 7. The highest BCUT2D eigenvalue weighted by Crippen LogP contribution is 1.99. The van der Waals surface area contributed by atoms with Gasteiger partial charge in [0.15, 0.2) is 5.78 Å². The van der Waals surface area contributed by atoms with E-state index in [9.17, 15) is 19.2 Å². The van der Waals surface area contributed by atoms with Crippen LogP contribution >= 0.6 is 0 Å². The molecule has 2 N–H and O–H groups in total. The number of carbonyl (C=O) groups is 4. The lowest BCUT2D eigenvalue weighted by atomic mass is 10.0. The van der Waals surface area contributed by atoms with Gasteiger partial charge in [-0.1, -0.05) is 0 Å². The lowest BCUT2D eigenvalue weighted by molar-refractivity contribution is -0.160. The van der Waals surface area contributed by atoms with Gasteiger partial charge in [-0.3, -0.25) is 9.59 Å². The number of Topliss-reactive ketones (excluding diaryl/α,β-unsaturated/α-hetero) is 2. The molecule has 0 radical (unpaired) electrons. The van der Waals surface area contributed by atoms with E-state index in [-0.39, 0.29) is 5.78 Å². The van der Waals surface area contributed by atoms with Gasteiger partial charge < -0.3 is 19.4 Å². The second-order valence-electron chi connectivity index (χ2n) is 3.13. The maximum atomic E-state index is 11.2. The Bertz CT molecular complexity index is 338. The van der Waals surface area contributed by atoms with Gasteiger partial charge in [0.2, 0.25) is 0 Å². The summed E-state index contributed by atoms with van der Waals surface area (Å²) in [5, 5.41) is 17.0. The van der Waals surface area contributed by atoms with Gasteiger partial charge in [0, 0.05) is 0 Å². The molecule has 0 amide bonds. The van der Waals surface area contributed by atoms with Crippen LogP contribution < -0.4 is 0 Å². The fraction of sp³-hybridized carbons (Fsp3) is 0.500. The molecule has 0 aromatic rings. The van der Waals surface area contributed by atoms with E-state index in [0.29, 0.717) is 0 Å². The van der Waals surface area contributed by atoms with Crippen LogP contribution in [-0.4, -0.2) is 47.6 Å². The maximum Gasteiger partial charge on any atom is 0.713 e. The summed E-state index contributed by atoms with van der Waals surface area (Å²) < 4.78 is 8.20. The Morgan fingerprint density at radius 3 is 2.24 bits per heavy atom. The lowest BCUT2D eigenvalue weighted by Gasteiger charge is -2.08. The molecule has 0 rings (SSSR count). The minimum Gasteiger partial charge on any atom is -0.476 e. The quantitative estimate of drug-likeness (QED) is 0.326. The molecule has 94 valence electrons. The van der Waals surface area contributed by atoms with Crippen molar-refractivity contribution in [2.45, 2.75) is 13.8 Å². The summed E-state index contributed by atoms with van der Waals surface area (Å²) >= 11 is 0. The number of aliphatic carboxylic acids is 1. The zero-order chi connectivity index (χ0) is 13.6. The fourth-order valence-corrected chi connectivity index (χ4v) is 0.681. The van der Waals surface area contributed by atoms with Crippen LogP contribution in [0.25, 0.3) is 0 Å². The van der Waals surface area contributed by atoms with Crippen LogP contribution in [0.1, 0.15) is 13.8 Å². The molecule has 9 heteroatoms. The van der Waals surface area contributed by atoms with E-state index < -0.39 is 37.6 Å². The first-order valence-corrected chi connectivity index (χ1v) is 4.52. The van der Waals surface area contributed by atoms with Crippen LogP contribution in [0.4, 0.5) is 0 Å². The Morgan fingerprint density at radius 2 is 1.82 bits per heavy atom. The topological polar surface area (TPSA) is 127 Å². The van der Waals surface area contributed by atoms with Gasteiger partial charge >= 0.3 is 19.3 Å². The zero-order valence-electron chi connectivity index (χ0n) is 9.21. The van der Waals surface area contributed by atoms with Gasteiger partial charge in [-0.05, 0) is 13.8 Å². The van der Waals surface area contributed by atoms with Crippen molar-refractivity contribution in [3.8, 4) is 0 Å². The second-order valence-corrected chi connectivity index (χ2v) is 3.13. The Labute approximate surface area is 96.7 Å². The highest BCUT2D eigenvalue weighted by molar-refractivity contribution is 6.44. The molecule has 0 aliphatic carbocycles. The van der Waals surface area contributed by atoms with Gasteiger partial charge in [0.1, 0.15) is 5.78 Å². The van der Waals surface area contributed by atoms with Gasteiger partial charge in [-0.15, -0.1) is 0 Å². The largest absolute Gasteiger partial charge is 0.713 e. The van der Waals surface area contributed by atoms with Crippen molar-refractivity contribution in [2.24, 2.45) is 5.92 Å². The monoisotopic (exact) mass is 246 g/mol. The highest BCUT2D eigenvalue weighted by Gasteiger charge is 2.28. The number of ketones is 2. The summed E-state index contributed by atoms with van der Waals surface area (Å²) in [6, 6.07) is 0. The third kappa shape index (κ3) is 5.78. The number of rotatable bonds is 6. The average molecular weight is 246 g/mol. The van der Waals surface area contributed by atoms with E-state index in [0.717, 1.165) is 0 Å². The van der Waals surface area contributed by atoms with E-state index >= 15 is 0 Å². The molecule has 0 aromatic heterocycles. The third-order valence-electron chi connectivity index (χ3n) is 1.84. The molecule has 0 aromatic carbocycles. The molecule has 0 saturated heterocycles. The maximum absolute atomic E-state index is 11.2. The first-order valence-electron chi connectivity index (χ1n) is 4.52. The van der Waals surface area contributed by atoms with Crippen molar-refractivity contribution in [1.82, 2.24) is 0 Å². The summed E-state index contributed by atoms with van der Waals surface area (Å²) in [4.78, 5) is 42.4. The van der Waals surface area contributed by atoms with Crippen molar-refractivity contribution in [1.29, 1.82) is 0 Å². The van der Waals surface area contributed by atoms with Gasteiger partial charge in [-0.25, -0.2) is 9.59 Å². The number of carboxylic acids is 1. The van der Waals surface area contributed by atoms with Crippen LogP contribution in [0.5, 0.6) is 0 Å². The van der Waals surface area contributed by atoms with Gasteiger partial charge in [-0.2, -0.15) is 0 Å². The molecule has 1 atom stereocenters. The molecule has 0 aliphatic rings. The summed E-state index contributed by atoms with van der Waals surface area (Å²) in [6.07, 6.45) is 0. The Balaban J connectivity index is 4.04. The van der Waals surface area contributed by atoms with Crippen molar-refractivity contribution in [2.75, 3.05) is 6.61 Å². The van der Waals surface area contributed by atoms with Crippen LogP contribution in [0, 0.1) is 5.92 Å². The average Bonchev–Trinajstić information content (AvgIpc) is 2.24. The van der Waals surface area contributed by atoms with E-state index in [2.05, 4.69) is 9.31 Å². The van der Waals surface area contributed by atoms with Crippen LogP contribution in [0.2, 0.25) is 0 Å². The fourth-order valence-electron chi connectivity index (χ4n) is 0.681. The Kier molecular flexibility index (Phi) is 6.07. The van der Waals surface area contributed by atoms with Gasteiger partial charge in [0.25, 0.3) is 0 Å². The van der Waals surface area contributed by atoms with E-state index in [4.69, 9.17) is 10.1 Å². The van der Waals surface area contributed by atoms with Crippen LogP contribution in [-0.2, 0) is 28.5 Å². The summed E-state index contributed by atoms with van der Waals surface area (Å²) in [7, 11) is -2.17. The summed E-state index contributed by atoms with van der Waals surface area (Å²) in [5.74, 6) is -5.53. The van der Waals surface area contributed by atoms with Crippen molar-refractivity contribution in [3.63, 3.8) is 0 Å². The predicted octanol–water partition coefficient (Wildman–Crippen LogP) is -1.60. The van der Waals surface area contributed by atoms with Crippen molar-refractivity contribution in [3.05, 3.63) is 0 Å². The minimum absolute atomic E-state index is 0.379. The summed E-state index contributed by atoms with van der Waals surface area (Å²) in [5.41, 5.74) is 0. The third-order valence-corrected chi connectivity index (χ3v) is 1.84.